The topological polar surface area (TPSA) is 18.5 Å². The molecule has 0 unspecified atom stereocenters. The second-order valence-electron chi connectivity index (χ2n) is 4.46. The lowest BCUT2D eigenvalue weighted by molar-refractivity contribution is 0.491. The lowest BCUT2D eigenvalue weighted by Gasteiger charge is -2.17. The zero-order chi connectivity index (χ0) is 13.7. The summed E-state index contributed by atoms with van der Waals surface area (Å²) in [5.74, 6) is 1.73. The Bertz CT molecular complexity index is 464. The molecule has 0 aliphatic carbocycles. The van der Waals surface area contributed by atoms with Gasteiger partial charge in [0.1, 0.15) is 11.5 Å². The third-order valence-electron chi connectivity index (χ3n) is 2.71. The van der Waals surface area contributed by atoms with Crippen LogP contribution >= 0.6 is 25.4 Å². The fraction of sp³-hybridized carbons (Fsp3) is 0.250. The summed E-state index contributed by atoms with van der Waals surface area (Å²) in [6, 6.07) is 16.1. The Hall–Kier alpha value is -1.05. The third-order valence-corrected chi connectivity index (χ3v) is 4.06. The number of rotatable bonds is 5. The van der Waals surface area contributed by atoms with Gasteiger partial charge in [0.2, 0.25) is 0 Å². The summed E-state index contributed by atoms with van der Waals surface area (Å²) in [5, 5.41) is 0. The fourth-order valence-electron chi connectivity index (χ4n) is 1.58. The van der Waals surface area contributed by atoms with E-state index in [1.807, 2.05) is 48.5 Å². The molecule has 2 rings (SSSR count). The van der Waals surface area contributed by atoms with Gasteiger partial charge in [-0.3, -0.25) is 0 Å². The molecule has 0 saturated heterocycles. The Balaban J connectivity index is 0.00000200. The lowest BCUT2D eigenvalue weighted by atomic mass is 10.2. The van der Waals surface area contributed by atoms with E-state index in [2.05, 4.69) is 20.8 Å². The second-order valence-corrected chi connectivity index (χ2v) is 6.12. The van der Waals surface area contributed by atoms with Crippen LogP contribution in [0.2, 0.25) is 0 Å². The Kier molecular flexibility index (Phi) is 7.04. The van der Waals surface area contributed by atoms with E-state index in [-0.39, 0.29) is 17.0 Å². The van der Waals surface area contributed by atoms with Gasteiger partial charge >= 0.3 is 0 Å². The van der Waals surface area contributed by atoms with Crippen LogP contribution in [0.3, 0.4) is 0 Å². The van der Waals surface area contributed by atoms with Crippen LogP contribution in [0.5, 0.6) is 11.5 Å². The van der Waals surface area contributed by atoms with Crippen molar-refractivity contribution in [2.45, 2.75) is 20.8 Å². The predicted octanol–water partition coefficient (Wildman–Crippen LogP) is 5.67. The molecular weight excluding hydrogens is 335 g/mol. The maximum Gasteiger partial charge on any atom is 0.290 e. The number of hydrogen-bond acceptors (Lipinski definition) is 2. The first-order chi connectivity index (χ1) is 9.17. The Morgan fingerprint density at radius 1 is 0.750 bits per heavy atom. The van der Waals surface area contributed by atoms with Gasteiger partial charge < -0.3 is 9.05 Å². The van der Waals surface area contributed by atoms with Crippen molar-refractivity contribution in [3.05, 3.63) is 59.7 Å². The first-order valence-corrected chi connectivity index (χ1v) is 7.80. The highest BCUT2D eigenvalue weighted by Crippen LogP contribution is 2.39. The van der Waals surface area contributed by atoms with Crippen molar-refractivity contribution in [2.75, 3.05) is 6.16 Å². The van der Waals surface area contributed by atoms with E-state index < -0.39 is 8.38 Å². The fourth-order valence-corrected chi connectivity index (χ4v) is 2.59. The van der Waals surface area contributed by atoms with Crippen molar-refractivity contribution in [3.63, 3.8) is 0 Å². The molecule has 0 saturated carbocycles. The molecule has 2 aromatic rings. The molecule has 4 heteroatoms. The normalized spacial score (nSPS) is 10.0. The minimum absolute atomic E-state index is 0. The zero-order valence-corrected chi connectivity index (χ0v) is 14.6. The Morgan fingerprint density at radius 3 is 1.40 bits per heavy atom. The van der Waals surface area contributed by atoms with Crippen molar-refractivity contribution in [2.24, 2.45) is 0 Å². The standard InChI is InChI=1S/C16H19O2P.BrH/c1-4-19(17-15-9-5-13(2)6-10-15)18-16-11-7-14(3)8-12-16;/h5-12H,4H2,1-3H3;1H. The first kappa shape index (κ1) is 17.0. The number of aryl methyl sites for hydroxylation is 2. The van der Waals surface area contributed by atoms with Gasteiger partial charge in [0.15, 0.2) is 0 Å². The van der Waals surface area contributed by atoms with E-state index in [0.717, 1.165) is 17.7 Å². The van der Waals surface area contributed by atoms with Crippen LogP contribution in [0, 0.1) is 13.8 Å². The maximum atomic E-state index is 5.90. The van der Waals surface area contributed by atoms with E-state index >= 15 is 0 Å². The number of halogens is 1. The van der Waals surface area contributed by atoms with Gasteiger partial charge in [0.25, 0.3) is 8.38 Å². The highest BCUT2D eigenvalue weighted by molar-refractivity contribution is 8.93. The molecule has 0 spiro atoms. The molecule has 0 radical (unpaired) electrons. The van der Waals surface area contributed by atoms with Gasteiger partial charge in [-0.05, 0) is 38.1 Å². The molecule has 0 amide bonds. The zero-order valence-electron chi connectivity index (χ0n) is 12.0. The molecule has 20 heavy (non-hydrogen) atoms. The highest BCUT2D eigenvalue weighted by Gasteiger charge is 2.11. The number of benzene rings is 2. The average molecular weight is 355 g/mol. The van der Waals surface area contributed by atoms with Crippen LogP contribution in [-0.4, -0.2) is 6.16 Å². The van der Waals surface area contributed by atoms with Crippen LogP contribution in [0.1, 0.15) is 18.1 Å². The van der Waals surface area contributed by atoms with Crippen molar-refractivity contribution in [1.29, 1.82) is 0 Å². The number of hydrogen-bond donors (Lipinski definition) is 0. The molecule has 0 aliphatic heterocycles. The molecule has 108 valence electrons. The van der Waals surface area contributed by atoms with Crippen LogP contribution in [0.4, 0.5) is 0 Å². The van der Waals surface area contributed by atoms with E-state index in [1.165, 1.54) is 11.1 Å². The summed E-state index contributed by atoms with van der Waals surface area (Å²) in [4.78, 5) is 0. The van der Waals surface area contributed by atoms with Crippen LogP contribution in [-0.2, 0) is 0 Å². The summed E-state index contributed by atoms with van der Waals surface area (Å²) >= 11 is 0. The molecule has 0 aliphatic rings. The van der Waals surface area contributed by atoms with Gasteiger partial charge in [0.05, 0.1) is 0 Å². The first-order valence-electron chi connectivity index (χ1n) is 6.44. The van der Waals surface area contributed by atoms with Crippen molar-refractivity contribution >= 4 is 25.4 Å². The van der Waals surface area contributed by atoms with Gasteiger partial charge in [0, 0.05) is 6.16 Å². The molecule has 0 heterocycles. The largest absolute Gasteiger partial charge is 0.439 e. The van der Waals surface area contributed by atoms with Crippen molar-refractivity contribution in [1.82, 2.24) is 0 Å². The third kappa shape index (κ3) is 5.15. The summed E-state index contributed by atoms with van der Waals surface area (Å²) in [7, 11) is -0.930. The Morgan fingerprint density at radius 2 is 1.10 bits per heavy atom. The van der Waals surface area contributed by atoms with E-state index in [1.54, 1.807) is 0 Å². The monoisotopic (exact) mass is 354 g/mol. The minimum Gasteiger partial charge on any atom is -0.439 e. The lowest BCUT2D eigenvalue weighted by Crippen LogP contribution is -1.97. The molecule has 0 aromatic heterocycles. The summed E-state index contributed by atoms with van der Waals surface area (Å²) in [6.07, 6.45) is 0.858. The predicted molar refractivity (Wildman–Crippen MR) is 91.4 cm³/mol. The Labute approximate surface area is 132 Å². The SMILES string of the molecule is Br.CCP(Oc1ccc(C)cc1)Oc1ccc(C)cc1. The second kappa shape index (κ2) is 8.28. The van der Waals surface area contributed by atoms with Gasteiger partial charge in [-0.1, -0.05) is 42.3 Å². The molecule has 2 aromatic carbocycles. The van der Waals surface area contributed by atoms with Crippen LogP contribution in [0.25, 0.3) is 0 Å². The van der Waals surface area contributed by atoms with Crippen molar-refractivity contribution in [3.8, 4) is 11.5 Å². The van der Waals surface area contributed by atoms with Gasteiger partial charge in [-0.25, -0.2) is 0 Å². The minimum atomic E-state index is -0.930. The van der Waals surface area contributed by atoms with Gasteiger partial charge in [-0.2, -0.15) is 0 Å². The van der Waals surface area contributed by atoms with Crippen LogP contribution < -0.4 is 9.05 Å². The summed E-state index contributed by atoms with van der Waals surface area (Å²) < 4.78 is 11.8. The van der Waals surface area contributed by atoms with E-state index in [9.17, 15) is 0 Å². The average Bonchev–Trinajstić information content (AvgIpc) is 2.43. The maximum absolute atomic E-state index is 5.90. The molecule has 0 bridgehead atoms. The van der Waals surface area contributed by atoms with E-state index in [0.29, 0.717) is 0 Å². The highest BCUT2D eigenvalue weighted by atomic mass is 79.9. The molecular formula is C16H20BrO2P. The quantitative estimate of drug-likeness (QED) is 0.644. The van der Waals surface area contributed by atoms with Gasteiger partial charge in [-0.15, -0.1) is 17.0 Å². The molecule has 2 nitrogen and oxygen atoms in total. The molecule has 0 atom stereocenters. The van der Waals surface area contributed by atoms with E-state index in [4.69, 9.17) is 9.05 Å². The molecule has 0 fully saturated rings. The molecule has 0 N–H and O–H groups in total. The van der Waals surface area contributed by atoms with Crippen LogP contribution in [0.15, 0.2) is 48.5 Å². The summed E-state index contributed by atoms with van der Waals surface area (Å²) in [5.41, 5.74) is 2.46. The summed E-state index contributed by atoms with van der Waals surface area (Å²) in [6.45, 7) is 6.21. The smallest absolute Gasteiger partial charge is 0.290 e. The van der Waals surface area contributed by atoms with Crippen molar-refractivity contribution < 1.29 is 9.05 Å².